The first-order chi connectivity index (χ1) is 12.7. The van der Waals surface area contributed by atoms with Gasteiger partial charge in [0.1, 0.15) is 5.82 Å². The number of aromatic nitrogens is 3. The van der Waals surface area contributed by atoms with Crippen LogP contribution in [0.4, 0.5) is 0 Å². The predicted octanol–water partition coefficient (Wildman–Crippen LogP) is 1.60. The summed E-state index contributed by atoms with van der Waals surface area (Å²) in [5.41, 5.74) is 0. The Morgan fingerprint density at radius 2 is 2.31 bits per heavy atom. The molecule has 2 aromatic rings. The van der Waals surface area contributed by atoms with Crippen molar-refractivity contribution in [3.63, 3.8) is 0 Å². The van der Waals surface area contributed by atoms with Crippen LogP contribution in [0.5, 0.6) is 0 Å². The van der Waals surface area contributed by atoms with E-state index < -0.39 is 0 Å². The third kappa shape index (κ3) is 4.24. The van der Waals surface area contributed by atoms with E-state index in [9.17, 15) is 0 Å². The normalized spacial score (nSPS) is 18.1. The van der Waals surface area contributed by atoms with Gasteiger partial charge in [-0.25, -0.2) is 4.98 Å². The number of guanidine groups is 1. The van der Waals surface area contributed by atoms with Crippen LogP contribution in [0.1, 0.15) is 26.1 Å². The van der Waals surface area contributed by atoms with E-state index in [-0.39, 0.29) is 0 Å². The van der Waals surface area contributed by atoms with Gasteiger partial charge in [0.25, 0.3) is 0 Å². The topological polar surface area (TPSA) is 85.6 Å². The summed E-state index contributed by atoms with van der Waals surface area (Å²) in [6, 6.07) is 4.30. The lowest BCUT2D eigenvalue weighted by Gasteiger charge is -2.27. The van der Waals surface area contributed by atoms with E-state index in [0.717, 1.165) is 50.9 Å². The van der Waals surface area contributed by atoms with Crippen LogP contribution in [0.25, 0.3) is 11.6 Å². The number of rotatable bonds is 7. The van der Waals surface area contributed by atoms with Crippen molar-refractivity contribution in [2.75, 3.05) is 39.8 Å². The summed E-state index contributed by atoms with van der Waals surface area (Å²) in [7, 11) is 1.84. The predicted molar refractivity (Wildman–Crippen MR) is 102 cm³/mol. The van der Waals surface area contributed by atoms with Crippen molar-refractivity contribution in [2.45, 2.75) is 32.7 Å². The average molecular weight is 359 g/mol. The maximum Gasteiger partial charge on any atom is 0.216 e. The zero-order valence-electron chi connectivity index (χ0n) is 15.9. The molecule has 0 aromatic carbocycles. The fourth-order valence-electron chi connectivity index (χ4n) is 3.52. The largest absolute Gasteiger partial charge is 0.461 e. The second-order valence-electron chi connectivity index (χ2n) is 6.42. The minimum absolute atomic E-state index is 0.594. The van der Waals surface area contributed by atoms with E-state index >= 15 is 0 Å². The van der Waals surface area contributed by atoms with Crippen LogP contribution in [0.2, 0.25) is 0 Å². The molecule has 0 radical (unpaired) electrons. The summed E-state index contributed by atoms with van der Waals surface area (Å²) in [5, 5.41) is 10.6. The van der Waals surface area contributed by atoms with Crippen LogP contribution in [0, 0.1) is 0 Å². The zero-order chi connectivity index (χ0) is 18.4. The fraction of sp³-hybridized carbons (Fsp3) is 0.611. The molecule has 3 rings (SSSR count). The molecular formula is C18H29N7O. The summed E-state index contributed by atoms with van der Waals surface area (Å²) >= 11 is 0. The van der Waals surface area contributed by atoms with Crippen molar-refractivity contribution in [3.05, 3.63) is 24.2 Å². The number of likely N-dealkylation sites (tertiary alicyclic amines) is 1. The van der Waals surface area contributed by atoms with Crippen LogP contribution >= 0.6 is 0 Å². The Balaban J connectivity index is 1.48. The first-order valence-corrected chi connectivity index (χ1v) is 9.39. The maximum absolute atomic E-state index is 5.32. The van der Waals surface area contributed by atoms with Gasteiger partial charge in [-0.05, 0) is 31.6 Å². The quantitative estimate of drug-likeness (QED) is 0.577. The van der Waals surface area contributed by atoms with E-state index in [2.05, 4.69) is 49.1 Å². The molecule has 1 atom stereocenters. The highest BCUT2D eigenvalue weighted by atomic mass is 16.3. The summed E-state index contributed by atoms with van der Waals surface area (Å²) in [4.78, 5) is 13.8. The number of H-pyrrole nitrogens is 1. The molecule has 8 nitrogen and oxygen atoms in total. The highest BCUT2D eigenvalue weighted by Crippen LogP contribution is 2.16. The van der Waals surface area contributed by atoms with E-state index in [4.69, 9.17) is 4.42 Å². The second-order valence-corrected chi connectivity index (χ2v) is 6.42. The van der Waals surface area contributed by atoms with Gasteiger partial charge in [-0.1, -0.05) is 13.8 Å². The highest BCUT2D eigenvalue weighted by molar-refractivity contribution is 5.80. The lowest BCUT2D eigenvalue weighted by atomic mass is 10.2. The number of likely N-dealkylation sites (N-methyl/N-ethyl adjacent to an activating group) is 1. The van der Waals surface area contributed by atoms with Crippen LogP contribution in [0.15, 0.2) is 27.8 Å². The Kier molecular flexibility index (Phi) is 6.27. The van der Waals surface area contributed by atoms with Gasteiger partial charge < -0.3 is 14.6 Å². The molecule has 1 saturated heterocycles. The summed E-state index contributed by atoms with van der Waals surface area (Å²) < 4.78 is 5.32. The lowest BCUT2D eigenvalue weighted by Crippen LogP contribution is -2.43. The number of furan rings is 1. The van der Waals surface area contributed by atoms with E-state index in [1.54, 1.807) is 6.26 Å². The number of hydrogen-bond donors (Lipinski definition) is 2. The Bertz CT molecular complexity index is 690. The number of hydrogen-bond acceptors (Lipinski definition) is 5. The molecule has 8 heteroatoms. The SMILES string of the molecule is CCN(CC)C1CCN(C(=NC)NCCc2nc(-c3ccco3)n[nH]2)C1. The van der Waals surface area contributed by atoms with E-state index in [1.807, 2.05) is 19.2 Å². The molecule has 2 N–H and O–H groups in total. The lowest BCUT2D eigenvalue weighted by molar-refractivity contribution is 0.223. The Hall–Kier alpha value is -2.35. The second kappa shape index (κ2) is 8.84. The van der Waals surface area contributed by atoms with Gasteiger partial charge in [-0.3, -0.25) is 15.0 Å². The van der Waals surface area contributed by atoms with E-state index in [1.165, 1.54) is 6.42 Å². The molecule has 3 heterocycles. The standard InChI is InChI=1S/C18H29N7O/c1-4-24(5-2)14-9-11-25(13-14)18(19-3)20-10-8-16-21-17(23-22-16)15-7-6-12-26-15/h6-7,12,14H,4-5,8-11,13H2,1-3H3,(H,19,20)(H,21,22,23). The minimum atomic E-state index is 0.594. The molecule has 0 saturated carbocycles. The Morgan fingerprint density at radius 3 is 3.00 bits per heavy atom. The summed E-state index contributed by atoms with van der Waals surface area (Å²) in [5.74, 6) is 3.07. The summed E-state index contributed by atoms with van der Waals surface area (Å²) in [6.07, 6.45) is 3.56. The average Bonchev–Trinajstić information content (AvgIpc) is 3.40. The minimum Gasteiger partial charge on any atom is -0.461 e. The molecule has 1 aliphatic rings. The Labute approximate surface area is 154 Å². The molecule has 0 spiro atoms. The smallest absolute Gasteiger partial charge is 0.216 e. The zero-order valence-corrected chi connectivity index (χ0v) is 15.9. The first kappa shape index (κ1) is 18.4. The number of nitrogens with zero attached hydrogens (tertiary/aromatic N) is 5. The molecule has 0 amide bonds. The van der Waals surface area contributed by atoms with Crippen LogP contribution in [-0.4, -0.2) is 76.8 Å². The van der Waals surface area contributed by atoms with Crippen molar-refractivity contribution in [3.8, 4) is 11.6 Å². The van der Waals surface area contributed by atoms with Crippen molar-refractivity contribution < 1.29 is 4.42 Å². The maximum atomic E-state index is 5.32. The molecular weight excluding hydrogens is 330 g/mol. The van der Waals surface area contributed by atoms with E-state index in [0.29, 0.717) is 17.6 Å². The van der Waals surface area contributed by atoms with Gasteiger partial charge in [-0.2, -0.15) is 5.10 Å². The molecule has 142 valence electrons. The molecule has 0 aliphatic carbocycles. The van der Waals surface area contributed by atoms with Gasteiger partial charge in [0.15, 0.2) is 11.7 Å². The monoisotopic (exact) mass is 359 g/mol. The molecule has 2 aromatic heterocycles. The molecule has 1 aliphatic heterocycles. The molecule has 0 bridgehead atoms. The van der Waals surface area contributed by atoms with Crippen LogP contribution in [-0.2, 0) is 6.42 Å². The number of aromatic amines is 1. The Morgan fingerprint density at radius 1 is 1.46 bits per heavy atom. The van der Waals surface area contributed by atoms with Crippen LogP contribution in [0.3, 0.4) is 0 Å². The first-order valence-electron chi connectivity index (χ1n) is 9.39. The molecule has 1 fully saturated rings. The molecule has 1 unspecified atom stereocenters. The van der Waals surface area contributed by atoms with Crippen molar-refractivity contribution in [1.29, 1.82) is 0 Å². The fourth-order valence-corrected chi connectivity index (χ4v) is 3.52. The van der Waals surface area contributed by atoms with Crippen LogP contribution < -0.4 is 5.32 Å². The highest BCUT2D eigenvalue weighted by Gasteiger charge is 2.27. The van der Waals surface area contributed by atoms with Crippen molar-refractivity contribution in [1.82, 2.24) is 30.3 Å². The van der Waals surface area contributed by atoms with Gasteiger partial charge in [0, 0.05) is 39.1 Å². The van der Waals surface area contributed by atoms with Gasteiger partial charge in [0.2, 0.25) is 5.82 Å². The van der Waals surface area contributed by atoms with Crippen molar-refractivity contribution >= 4 is 5.96 Å². The van der Waals surface area contributed by atoms with Gasteiger partial charge in [-0.15, -0.1) is 0 Å². The third-order valence-electron chi connectivity index (χ3n) is 4.92. The van der Waals surface area contributed by atoms with Crippen molar-refractivity contribution in [2.24, 2.45) is 4.99 Å². The third-order valence-corrected chi connectivity index (χ3v) is 4.92. The van der Waals surface area contributed by atoms with Gasteiger partial charge >= 0.3 is 0 Å². The van der Waals surface area contributed by atoms with Gasteiger partial charge in [0.05, 0.1) is 6.26 Å². The molecule has 26 heavy (non-hydrogen) atoms. The number of aliphatic imine (C=N–C) groups is 1. The summed E-state index contributed by atoms with van der Waals surface area (Å²) in [6.45, 7) is 9.50. The number of nitrogens with one attached hydrogen (secondary N) is 2.